The lowest BCUT2D eigenvalue weighted by Gasteiger charge is -2.33. The molecule has 1 spiro atoms. The Morgan fingerprint density at radius 1 is 0.941 bits per heavy atom. The van der Waals surface area contributed by atoms with Crippen LogP contribution in [0.2, 0.25) is 0 Å². The third-order valence-corrected chi connectivity index (χ3v) is 7.92. The van der Waals surface area contributed by atoms with E-state index in [1.807, 2.05) is 87.5 Å². The fourth-order valence-electron chi connectivity index (χ4n) is 4.62. The quantitative estimate of drug-likeness (QED) is 0.607. The number of para-hydroxylation sites is 2. The lowest BCUT2D eigenvalue weighted by molar-refractivity contribution is -0.124. The highest BCUT2D eigenvalue weighted by molar-refractivity contribution is 8.02. The molecule has 0 saturated carbocycles. The first-order chi connectivity index (χ1) is 16.3. The van der Waals surface area contributed by atoms with E-state index in [0.717, 1.165) is 22.3 Å². The van der Waals surface area contributed by atoms with Gasteiger partial charge in [0.15, 0.2) is 0 Å². The molecule has 1 saturated heterocycles. The van der Waals surface area contributed by atoms with Gasteiger partial charge in [0.05, 0.1) is 11.4 Å². The summed E-state index contributed by atoms with van der Waals surface area (Å²) >= 11 is 1.31. The Hall–Kier alpha value is -3.58. The molecule has 2 aliphatic rings. The summed E-state index contributed by atoms with van der Waals surface area (Å²) in [7, 11) is 0. The largest absolute Gasteiger partial charge is 0.324 e. The van der Waals surface area contributed by atoms with Gasteiger partial charge in [-0.15, -0.1) is 11.8 Å². The number of aryl methyl sites for hydroxylation is 3. The van der Waals surface area contributed by atoms with Crippen LogP contribution < -0.4 is 15.1 Å². The number of hydrogen-bond donors (Lipinski definition) is 1. The van der Waals surface area contributed by atoms with Crippen molar-refractivity contribution in [3.63, 3.8) is 0 Å². The van der Waals surface area contributed by atoms with Gasteiger partial charge in [-0.25, -0.2) is 0 Å². The molecule has 0 aromatic heterocycles. The molecule has 7 heteroatoms. The molecular formula is C27H25N3O3S. The van der Waals surface area contributed by atoms with Gasteiger partial charge in [-0.2, -0.15) is 0 Å². The average Bonchev–Trinajstić information content (AvgIpc) is 3.28. The zero-order chi connectivity index (χ0) is 24.0. The molecule has 2 aliphatic heterocycles. The topological polar surface area (TPSA) is 69.7 Å². The first kappa shape index (κ1) is 22.2. The van der Waals surface area contributed by atoms with E-state index < -0.39 is 4.87 Å². The summed E-state index contributed by atoms with van der Waals surface area (Å²) in [5.41, 5.74) is 5.90. The fraction of sp³-hybridized carbons (Fsp3) is 0.222. The Kier molecular flexibility index (Phi) is 5.44. The molecule has 1 atom stereocenters. The summed E-state index contributed by atoms with van der Waals surface area (Å²) in [6.07, 6.45) is 0. The second-order valence-electron chi connectivity index (χ2n) is 8.70. The third kappa shape index (κ3) is 3.39. The number of amides is 3. The summed E-state index contributed by atoms with van der Waals surface area (Å²) < 4.78 is 0. The lowest BCUT2D eigenvalue weighted by atomic mass is 10.0. The van der Waals surface area contributed by atoms with E-state index in [-0.39, 0.29) is 30.0 Å². The highest BCUT2D eigenvalue weighted by Gasteiger charge is 2.61. The van der Waals surface area contributed by atoms with Crippen molar-refractivity contribution in [2.75, 3.05) is 27.4 Å². The number of anilines is 3. The van der Waals surface area contributed by atoms with Gasteiger partial charge in [-0.3, -0.25) is 24.2 Å². The van der Waals surface area contributed by atoms with Gasteiger partial charge in [-0.1, -0.05) is 42.5 Å². The van der Waals surface area contributed by atoms with Gasteiger partial charge >= 0.3 is 0 Å². The minimum Gasteiger partial charge on any atom is -0.324 e. The molecular weight excluding hydrogens is 446 g/mol. The van der Waals surface area contributed by atoms with E-state index in [1.165, 1.54) is 16.7 Å². The van der Waals surface area contributed by atoms with Crippen LogP contribution in [0.15, 0.2) is 66.7 Å². The van der Waals surface area contributed by atoms with Crippen LogP contribution in [0.1, 0.15) is 22.3 Å². The van der Waals surface area contributed by atoms with Crippen molar-refractivity contribution >= 4 is 46.5 Å². The van der Waals surface area contributed by atoms with Crippen molar-refractivity contribution in [3.8, 4) is 0 Å². The van der Waals surface area contributed by atoms with E-state index >= 15 is 0 Å². The maximum atomic E-state index is 14.1. The van der Waals surface area contributed by atoms with Gasteiger partial charge < -0.3 is 5.32 Å². The van der Waals surface area contributed by atoms with Crippen molar-refractivity contribution in [1.29, 1.82) is 0 Å². The molecule has 1 unspecified atom stereocenters. The molecule has 1 fully saturated rings. The monoisotopic (exact) mass is 471 g/mol. The van der Waals surface area contributed by atoms with E-state index in [1.54, 1.807) is 4.90 Å². The number of hydrogen-bond acceptors (Lipinski definition) is 4. The minimum absolute atomic E-state index is 0.123. The molecule has 3 aromatic rings. The number of benzene rings is 3. The molecule has 2 heterocycles. The van der Waals surface area contributed by atoms with Crippen molar-refractivity contribution in [3.05, 3.63) is 89.0 Å². The van der Waals surface area contributed by atoms with Crippen LogP contribution in [-0.4, -0.2) is 30.0 Å². The SMILES string of the molecule is Cc1ccc(N2C(=O)CSC23C(=O)N(CC(=O)Nc2ccccc2C)c2ccccc23)cc1C. The molecule has 6 nitrogen and oxygen atoms in total. The maximum Gasteiger partial charge on any atom is 0.269 e. The number of nitrogens with one attached hydrogen (secondary N) is 1. The van der Waals surface area contributed by atoms with Gasteiger partial charge in [0.1, 0.15) is 6.54 Å². The van der Waals surface area contributed by atoms with Gasteiger partial charge in [0, 0.05) is 16.9 Å². The number of nitrogens with zero attached hydrogens (tertiary/aromatic N) is 2. The Balaban J connectivity index is 1.53. The van der Waals surface area contributed by atoms with E-state index in [4.69, 9.17) is 0 Å². The molecule has 0 radical (unpaired) electrons. The lowest BCUT2D eigenvalue weighted by Crippen LogP contribution is -2.50. The Morgan fingerprint density at radius 2 is 1.68 bits per heavy atom. The normalized spacial score (nSPS) is 19.1. The first-order valence-corrected chi connectivity index (χ1v) is 12.1. The van der Waals surface area contributed by atoms with E-state index in [2.05, 4.69) is 5.32 Å². The van der Waals surface area contributed by atoms with Gasteiger partial charge in [0.25, 0.3) is 5.91 Å². The van der Waals surface area contributed by atoms with Crippen molar-refractivity contribution in [2.45, 2.75) is 25.6 Å². The number of rotatable bonds is 4. The maximum absolute atomic E-state index is 14.1. The molecule has 34 heavy (non-hydrogen) atoms. The third-order valence-electron chi connectivity index (χ3n) is 6.53. The van der Waals surface area contributed by atoms with Gasteiger partial charge in [-0.05, 0) is 61.7 Å². The first-order valence-electron chi connectivity index (χ1n) is 11.1. The summed E-state index contributed by atoms with van der Waals surface area (Å²) in [5.74, 6) is -0.497. The smallest absolute Gasteiger partial charge is 0.269 e. The second-order valence-corrected chi connectivity index (χ2v) is 9.87. The molecule has 0 bridgehead atoms. The highest BCUT2D eigenvalue weighted by Crippen LogP contribution is 2.55. The molecule has 5 rings (SSSR count). The van der Waals surface area contributed by atoms with E-state index in [0.29, 0.717) is 17.1 Å². The Labute approximate surface area is 202 Å². The number of carbonyl (C=O) groups excluding carboxylic acids is 3. The number of thioether (sulfide) groups is 1. The fourth-order valence-corrected chi connectivity index (χ4v) is 5.98. The molecule has 3 aromatic carbocycles. The molecule has 1 N–H and O–H groups in total. The summed E-state index contributed by atoms with van der Waals surface area (Å²) in [6, 6.07) is 20.8. The minimum atomic E-state index is -1.22. The zero-order valence-corrected chi connectivity index (χ0v) is 20.1. The molecule has 172 valence electrons. The van der Waals surface area contributed by atoms with Crippen molar-refractivity contribution in [1.82, 2.24) is 0 Å². The van der Waals surface area contributed by atoms with Crippen LogP contribution in [-0.2, 0) is 19.3 Å². The van der Waals surface area contributed by atoms with Gasteiger partial charge in [0.2, 0.25) is 16.7 Å². The van der Waals surface area contributed by atoms with Crippen LogP contribution in [0.4, 0.5) is 17.1 Å². The number of fused-ring (bicyclic) bond motifs is 2. The summed E-state index contributed by atoms with van der Waals surface area (Å²) in [5, 5.41) is 2.91. The highest BCUT2D eigenvalue weighted by atomic mass is 32.2. The predicted octanol–water partition coefficient (Wildman–Crippen LogP) is 4.53. The predicted molar refractivity (Wildman–Crippen MR) is 136 cm³/mol. The zero-order valence-electron chi connectivity index (χ0n) is 19.3. The Bertz CT molecular complexity index is 1340. The van der Waals surface area contributed by atoms with Crippen LogP contribution in [0.5, 0.6) is 0 Å². The van der Waals surface area contributed by atoms with Crippen LogP contribution in [0.25, 0.3) is 0 Å². The molecule has 3 amide bonds. The molecule has 0 aliphatic carbocycles. The van der Waals surface area contributed by atoms with E-state index in [9.17, 15) is 14.4 Å². The van der Waals surface area contributed by atoms with Crippen LogP contribution in [0, 0.1) is 20.8 Å². The van der Waals surface area contributed by atoms with Crippen LogP contribution >= 0.6 is 11.8 Å². The summed E-state index contributed by atoms with van der Waals surface area (Å²) in [4.78, 5) is 42.1. The van der Waals surface area contributed by atoms with Crippen molar-refractivity contribution < 1.29 is 14.4 Å². The Morgan fingerprint density at radius 3 is 2.44 bits per heavy atom. The number of carbonyl (C=O) groups is 3. The van der Waals surface area contributed by atoms with Crippen LogP contribution in [0.3, 0.4) is 0 Å². The average molecular weight is 472 g/mol. The standard InChI is InChI=1S/C27H25N3O3S/c1-17-12-13-20(14-19(17)3)30-25(32)16-34-27(30)21-9-5-7-11-23(21)29(26(27)33)15-24(31)28-22-10-6-4-8-18(22)2/h4-14H,15-16H2,1-3H3,(H,28,31). The summed E-state index contributed by atoms with van der Waals surface area (Å²) in [6.45, 7) is 5.79. The second kappa shape index (κ2) is 8.33. The van der Waals surface area contributed by atoms with Crippen molar-refractivity contribution in [2.24, 2.45) is 0 Å².